The molecule has 0 aliphatic heterocycles. The smallest absolute Gasteiger partial charge is 0.337 e. The Bertz CT molecular complexity index is 811. The Labute approximate surface area is 130 Å². The molecule has 0 aliphatic carbocycles. The standard InChI is InChI=1S/C16H11N3O2S/c20-16(21)12-3-4-13(18-9-12)5-6-14-10-19-15(22-14)11-2-1-7-17-8-11/h1-10H,(H,20,21). The molecule has 3 heterocycles. The molecule has 0 spiro atoms. The van der Waals surface area contributed by atoms with Gasteiger partial charge in [0.05, 0.1) is 11.3 Å². The largest absolute Gasteiger partial charge is 0.478 e. The van der Waals surface area contributed by atoms with Crippen LogP contribution in [0, 0.1) is 0 Å². The molecule has 0 aromatic carbocycles. The van der Waals surface area contributed by atoms with Crippen molar-refractivity contribution in [1.82, 2.24) is 15.0 Å². The highest BCUT2D eigenvalue weighted by atomic mass is 32.1. The molecule has 0 bridgehead atoms. The van der Waals surface area contributed by atoms with Gasteiger partial charge in [0.15, 0.2) is 0 Å². The fourth-order valence-electron chi connectivity index (χ4n) is 1.78. The summed E-state index contributed by atoms with van der Waals surface area (Å²) in [6.45, 7) is 0. The van der Waals surface area contributed by atoms with Crippen molar-refractivity contribution in [3.63, 3.8) is 0 Å². The molecular formula is C16H11N3O2S. The van der Waals surface area contributed by atoms with Crippen molar-refractivity contribution in [2.24, 2.45) is 0 Å². The van der Waals surface area contributed by atoms with Crippen LogP contribution in [0.1, 0.15) is 20.9 Å². The molecule has 5 nitrogen and oxygen atoms in total. The van der Waals surface area contributed by atoms with E-state index in [1.54, 1.807) is 36.0 Å². The van der Waals surface area contributed by atoms with E-state index in [9.17, 15) is 4.79 Å². The van der Waals surface area contributed by atoms with Gasteiger partial charge in [-0.15, -0.1) is 11.3 Å². The van der Waals surface area contributed by atoms with Crippen LogP contribution in [0.4, 0.5) is 0 Å². The van der Waals surface area contributed by atoms with Crippen LogP contribution in [0.25, 0.3) is 22.7 Å². The number of hydrogen-bond donors (Lipinski definition) is 1. The second kappa shape index (κ2) is 6.28. The minimum atomic E-state index is -0.980. The molecule has 0 amide bonds. The van der Waals surface area contributed by atoms with Crippen molar-refractivity contribution in [2.75, 3.05) is 0 Å². The summed E-state index contributed by atoms with van der Waals surface area (Å²) in [5, 5.41) is 9.73. The predicted octanol–water partition coefficient (Wildman–Crippen LogP) is 3.47. The van der Waals surface area contributed by atoms with Gasteiger partial charge in [-0.2, -0.15) is 0 Å². The van der Waals surface area contributed by atoms with E-state index in [4.69, 9.17) is 5.11 Å². The summed E-state index contributed by atoms with van der Waals surface area (Å²) in [6.07, 6.45) is 10.4. The van der Waals surface area contributed by atoms with Gasteiger partial charge in [-0.3, -0.25) is 9.97 Å². The van der Waals surface area contributed by atoms with E-state index in [0.29, 0.717) is 5.69 Å². The van der Waals surface area contributed by atoms with Crippen LogP contribution in [-0.4, -0.2) is 26.0 Å². The maximum absolute atomic E-state index is 10.8. The van der Waals surface area contributed by atoms with Gasteiger partial charge < -0.3 is 5.11 Å². The number of nitrogens with zero attached hydrogens (tertiary/aromatic N) is 3. The number of aromatic nitrogens is 3. The molecule has 0 fully saturated rings. The van der Waals surface area contributed by atoms with Crippen LogP contribution in [0.2, 0.25) is 0 Å². The zero-order valence-electron chi connectivity index (χ0n) is 11.4. The van der Waals surface area contributed by atoms with Crippen molar-refractivity contribution in [2.45, 2.75) is 0 Å². The third kappa shape index (κ3) is 3.24. The number of rotatable bonds is 4. The van der Waals surface area contributed by atoms with E-state index in [1.807, 2.05) is 24.3 Å². The summed E-state index contributed by atoms with van der Waals surface area (Å²) in [5.74, 6) is -0.980. The highest BCUT2D eigenvalue weighted by Gasteiger charge is 2.03. The summed E-state index contributed by atoms with van der Waals surface area (Å²) in [4.78, 5) is 24.3. The van der Waals surface area contributed by atoms with Crippen molar-refractivity contribution in [1.29, 1.82) is 0 Å². The molecular weight excluding hydrogens is 298 g/mol. The second-order valence-electron chi connectivity index (χ2n) is 4.42. The van der Waals surface area contributed by atoms with Gasteiger partial charge in [0.1, 0.15) is 5.01 Å². The van der Waals surface area contributed by atoms with Crippen LogP contribution >= 0.6 is 11.3 Å². The zero-order chi connectivity index (χ0) is 15.4. The third-order valence-corrected chi connectivity index (χ3v) is 3.90. The third-order valence-electron chi connectivity index (χ3n) is 2.88. The van der Waals surface area contributed by atoms with E-state index < -0.39 is 5.97 Å². The molecule has 22 heavy (non-hydrogen) atoms. The predicted molar refractivity (Wildman–Crippen MR) is 85.5 cm³/mol. The Morgan fingerprint density at radius 3 is 2.68 bits per heavy atom. The zero-order valence-corrected chi connectivity index (χ0v) is 12.2. The molecule has 0 radical (unpaired) electrons. The van der Waals surface area contributed by atoms with Crippen LogP contribution in [0.5, 0.6) is 0 Å². The van der Waals surface area contributed by atoms with Gasteiger partial charge in [-0.25, -0.2) is 9.78 Å². The van der Waals surface area contributed by atoms with E-state index in [0.717, 1.165) is 15.4 Å². The molecule has 0 aliphatic rings. The van der Waals surface area contributed by atoms with Crippen LogP contribution < -0.4 is 0 Å². The Kier molecular flexibility index (Phi) is 4.02. The SMILES string of the molecule is O=C(O)c1ccc(C=Cc2cnc(-c3cccnc3)s2)nc1. The van der Waals surface area contributed by atoms with E-state index >= 15 is 0 Å². The molecule has 0 atom stereocenters. The lowest BCUT2D eigenvalue weighted by Crippen LogP contribution is -1.96. The van der Waals surface area contributed by atoms with Crippen molar-refractivity contribution < 1.29 is 9.90 Å². The first kappa shape index (κ1) is 14.1. The first-order valence-corrected chi connectivity index (χ1v) is 7.28. The van der Waals surface area contributed by atoms with Gasteiger partial charge in [0, 0.05) is 35.2 Å². The maximum Gasteiger partial charge on any atom is 0.337 e. The fourth-order valence-corrected chi connectivity index (χ4v) is 2.59. The number of aromatic carboxylic acids is 1. The highest BCUT2D eigenvalue weighted by Crippen LogP contribution is 2.25. The lowest BCUT2D eigenvalue weighted by Gasteiger charge is -1.94. The number of carboxylic acid groups (broad SMARTS) is 1. The van der Waals surface area contributed by atoms with Crippen LogP contribution in [-0.2, 0) is 0 Å². The number of pyridine rings is 2. The summed E-state index contributed by atoms with van der Waals surface area (Å²) in [7, 11) is 0. The highest BCUT2D eigenvalue weighted by molar-refractivity contribution is 7.15. The van der Waals surface area contributed by atoms with Crippen LogP contribution in [0.3, 0.4) is 0 Å². The van der Waals surface area contributed by atoms with Gasteiger partial charge >= 0.3 is 5.97 Å². The van der Waals surface area contributed by atoms with E-state index in [1.165, 1.54) is 12.3 Å². The average Bonchev–Trinajstić information content (AvgIpc) is 3.03. The molecule has 108 valence electrons. The summed E-state index contributed by atoms with van der Waals surface area (Å²) < 4.78 is 0. The molecule has 3 aromatic heterocycles. The topological polar surface area (TPSA) is 76.0 Å². The normalized spacial score (nSPS) is 10.9. The number of thiazole rings is 1. The van der Waals surface area contributed by atoms with Crippen molar-refractivity contribution in [3.8, 4) is 10.6 Å². The first-order valence-electron chi connectivity index (χ1n) is 6.46. The molecule has 0 unspecified atom stereocenters. The van der Waals surface area contributed by atoms with Crippen LogP contribution in [0.15, 0.2) is 49.1 Å². The molecule has 6 heteroatoms. The molecule has 3 aromatic rings. The minimum absolute atomic E-state index is 0.175. The van der Waals surface area contributed by atoms with Crippen molar-refractivity contribution >= 4 is 29.5 Å². The average molecular weight is 309 g/mol. The van der Waals surface area contributed by atoms with Gasteiger partial charge in [0.25, 0.3) is 0 Å². The van der Waals surface area contributed by atoms with E-state index in [2.05, 4.69) is 15.0 Å². The monoisotopic (exact) mass is 309 g/mol. The Hall–Kier alpha value is -2.86. The summed E-state index contributed by atoms with van der Waals surface area (Å²) in [5.41, 5.74) is 1.85. The number of carbonyl (C=O) groups is 1. The lowest BCUT2D eigenvalue weighted by molar-refractivity contribution is 0.0696. The molecule has 0 saturated heterocycles. The Morgan fingerprint density at radius 1 is 1.09 bits per heavy atom. The number of hydrogen-bond acceptors (Lipinski definition) is 5. The summed E-state index contributed by atoms with van der Waals surface area (Å²) in [6, 6.07) is 7.04. The quantitative estimate of drug-likeness (QED) is 0.798. The van der Waals surface area contributed by atoms with Crippen molar-refractivity contribution in [3.05, 3.63) is 65.2 Å². The fraction of sp³-hybridized carbons (Fsp3) is 0. The molecule has 1 N–H and O–H groups in total. The summed E-state index contributed by atoms with van der Waals surface area (Å²) >= 11 is 1.55. The first-order chi connectivity index (χ1) is 10.7. The minimum Gasteiger partial charge on any atom is -0.478 e. The maximum atomic E-state index is 10.8. The molecule has 3 rings (SSSR count). The Balaban J connectivity index is 1.76. The van der Waals surface area contributed by atoms with E-state index in [-0.39, 0.29) is 5.56 Å². The van der Waals surface area contributed by atoms with Gasteiger partial charge in [-0.05, 0) is 36.4 Å². The molecule has 0 saturated carbocycles. The Morgan fingerprint density at radius 2 is 2.00 bits per heavy atom. The van der Waals surface area contributed by atoms with Gasteiger partial charge in [-0.1, -0.05) is 0 Å². The lowest BCUT2D eigenvalue weighted by atomic mass is 10.2. The van der Waals surface area contributed by atoms with Gasteiger partial charge in [0.2, 0.25) is 0 Å². The number of carboxylic acids is 1. The second-order valence-corrected chi connectivity index (χ2v) is 5.48.